The van der Waals surface area contributed by atoms with Crippen molar-refractivity contribution in [3.05, 3.63) is 54.1 Å². The molecule has 0 saturated heterocycles. The molecular weight excluding hydrogens is 314 g/mol. The molecule has 0 amide bonds. The Hall–Kier alpha value is -2.05. The SMILES string of the molecule is CCOc1ccc(S(=O)(=O)N2CCOc3ccccc3C2)cc1. The van der Waals surface area contributed by atoms with Gasteiger partial charge < -0.3 is 9.47 Å². The van der Waals surface area contributed by atoms with Crippen LogP contribution in [0.25, 0.3) is 0 Å². The molecule has 0 bridgehead atoms. The number of hydrogen-bond donors (Lipinski definition) is 0. The molecule has 0 N–H and O–H groups in total. The van der Waals surface area contributed by atoms with Gasteiger partial charge in [0.1, 0.15) is 18.1 Å². The number of benzene rings is 2. The van der Waals surface area contributed by atoms with E-state index >= 15 is 0 Å². The minimum atomic E-state index is -3.56. The molecular formula is C17H19NO4S. The highest BCUT2D eigenvalue weighted by Crippen LogP contribution is 2.27. The van der Waals surface area contributed by atoms with E-state index in [4.69, 9.17) is 9.47 Å². The third-order valence-corrected chi connectivity index (χ3v) is 5.55. The van der Waals surface area contributed by atoms with Crippen molar-refractivity contribution in [1.29, 1.82) is 0 Å². The molecule has 0 spiro atoms. The van der Waals surface area contributed by atoms with Gasteiger partial charge in [0.15, 0.2) is 0 Å². The molecule has 0 aromatic heterocycles. The first-order valence-corrected chi connectivity index (χ1v) is 8.99. The lowest BCUT2D eigenvalue weighted by Crippen LogP contribution is -2.32. The maximum atomic E-state index is 12.8. The van der Waals surface area contributed by atoms with Crippen LogP contribution < -0.4 is 9.47 Å². The van der Waals surface area contributed by atoms with Crippen LogP contribution >= 0.6 is 0 Å². The number of nitrogens with zero attached hydrogens (tertiary/aromatic N) is 1. The number of fused-ring (bicyclic) bond motifs is 1. The molecule has 6 heteroatoms. The summed E-state index contributed by atoms with van der Waals surface area (Å²) in [5.74, 6) is 1.41. The molecule has 0 aliphatic carbocycles. The van der Waals surface area contributed by atoms with Crippen molar-refractivity contribution in [2.75, 3.05) is 19.8 Å². The Morgan fingerprint density at radius 3 is 2.61 bits per heavy atom. The predicted octanol–water partition coefficient (Wildman–Crippen LogP) is 2.67. The Bertz CT molecular complexity index is 771. The second kappa shape index (κ2) is 6.60. The van der Waals surface area contributed by atoms with Gasteiger partial charge in [0, 0.05) is 18.7 Å². The summed E-state index contributed by atoms with van der Waals surface area (Å²) < 4.78 is 38.1. The van der Waals surface area contributed by atoms with Gasteiger partial charge in [-0.05, 0) is 37.3 Å². The third-order valence-electron chi connectivity index (χ3n) is 3.69. The molecule has 5 nitrogen and oxygen atoms in total. The average molecular weight is 333 g/mol. The van der Waals surface area contributed by atoms with Gasteiger partial charge in [0.2, 0.25) is 10.0 Å². The Labute approximate surface area is 136 Å². The summed E-state index contributed by atoms with van der Waals surface area (Å²) in [6.45, 7) is 3.41. The molecule has 2 aromatic rings. The van der Waals surface area contributed by atoms with E-state index < -0.39 is 10.0 Å². The van der Waals surface area contributed by atoms with Crippen molar-refractivity contribution in [3.8, 4) is 11.5 Å². The fourth-order valence-electron chi connectivity index (χ4n) is 2.53. The summed E-state index contributed by atoms with van der Waals surface area (Å²) in [7, 11) is -3.56. The Morgan fingerprint density at radius 1 is 1.13 bits per heavy atom. The van der Waals surface area contributed by atoms with Crippen LogP contribution in [0.1, 0.15) is 12.5 Å². The number of para-hydroxylation sites is 1. The Morgan fingerprint density at radius 2 is 1.87 bits per heavy atom. The lowest BCUT2D eigenvalue weighted by Gasteiger charge is -2.19. The summed E-state index contributed by atoms with van der Waals surface area (Å²) >= 11 is 0. The van der Waals surface area contributed by atoms with Crippen LogP contribution in [0, 0.1) is 0 Å². The molecule has 0 atom stereocenters. The first-order chi connectivity index (χ1) is 11.1. The van der Waals surface area contributed by atoms with Gasteiger partial charge in [0.05, 0.1) is 11.5 Å². The van der Waals surface area contributed by atoms with Crippen LogP contribution in [0.3, 0.4) is 0 Å². The topological polar surface area (TPSA) is 55.8 Å². The van der Waals surface area contributed by atoms with Crippen LogP contribution in [0.5, 0.6) is 11.5 Å². The Kier molecular flexibility index (Phi) is 4.54. The second-order valence-electron chi connectivity index (χ2n) is 5.20. The van der Waals surface area contributed by atoms with Crippen molar-refractivity contribution in [2.45, 2.75) is 18.4 Å². The highest BCUT2D eigenvalue weighted by Gasteiger charge is 2.27. The summed E-state index contributed by atoms with van der Waals surface area (Å²) in [5.41, 5.74) is 0.875. The number of rotatable bonds is 4. The molecule has 0 fully saturated rings. The number of sulfonamides is 1. The van der Waals surface area contributed by atoms with Crippen molar-refractivity contribution in [1.82, 2.24) is 4.31 Å². The number of ether oxygens (including phenoxy) is 2. The summed E-state index contributed by atoms with van der Waals surface area (Å²) in [6.07, 6.45) is 0. The molecule has 1 aliphatic heterocycles. The van der Waals surface area contributed by atoms with Crippen molar-refractivity contribution >= 4 is 10.0 Å². The fraction of sp³-hybridized carbons (Fsp3) is 0.294. The van der Waals surface area contributed by atoms with E-state index in [1.807, 2.05) is 31.2 Å². The first kappa shape index (κ1) is 15.8. The van der Waals surface area contributed by atoms with Gasteiger partial charge in [-0.15, -0.1) is 0 Å². The minimum absolute atomic E-state index is 0.264. The van der Waals surface area contributed by atoms with Crippen molar-refractivity contribution in [2.24, 2.45) is 0 Å². The lowest BCUT2D eigenvalue weighted by molar-refractivity contribution is 0.293. The van der Waals surface area contributed by atoms with E-state index in [9.17, 15) is 8.42 Å². The molecule has 1 aliphatic rings. The zero-order valence-electron chi connectivity index (χ0n) is 12.9. The van der Waals surface area contributed by atoms with E-state index in [1.54, 1.807) is 24.3 Å². The molecule has 3 rings (SSSR count). The highest BCUT2D eigenvalue weighted by molar-refractivity contribution is 7.89. The van der Waals surface area contributed by atoms with Crippen LogP contribution in [-0.2, 0) is 16.6 Å². The summed E-state index contributed by atoms with van der Waals surface area (Å²) in [5, 5.41) is 0. The molecule has 2 aromatic carbocycles. The van der Waals surface area contributed by atoms with E-state index in [2.05, 4.69) is 0 Å². The zero-order valence-corrected chi connectivity index (χ0v) is 13.8. The quantitative estimate of drug-likeness (QED) is 0.863. The monoisotopic (exact) mass is 333 g/mol. The van der Waals surface area contributed by atoms with Crippen molar-refractivity contribution < 1.29 is 17.9 Å². The predicted molar refractivity (Wildman–Crippen MR) is 87.1 cm³/mol. The van der Waals surface area contributed by atoms with E-state index in [0.29, 0.717) is 32.1 Å². The first-order valence-electron chi connectivity index (χ1n) is 7.55. The van der Waals surface area contributed by atoms with Gasteiger partial charge in [-0.3, -0.25) is 0 Å². The van der Waals surface area contributed by atoms with Crippen LogP contribution in [0.2, 0.25) is 0 Å². The van der Waals surface area contributed by atoms with Gasteiger partial charge in [-0.2, -0.15) is 4.31 Å². The zero-order chi connectivity index (χ0) is 16.3. The summed E-state index contributed by atoms with van der Waals surface area (Å²) in [6, 6.07) is 14.0. The maximum absolute atomic E-state index is 12.8. The normalized spacial score (nSPS) is 15.3. The number of hydrogen-bond acceptors (Lipinski definition) is 4. The fourth-order valence-corrected chi connectivity index (χ4v) is 3.93. The maximum Gasteiger partial charge on any atom is 0.243 e. The van der Waals surface area contributed by atoms with Gasteiger partial charge in [-0.1, -0.05) is 18.2 Å². The molecule has 23 heavy (non-hydrogen) atoms. The molecule has 0 saturated carbocycles. The minimum Gasteiger partial charge on any atom is -0.494 e. The average Bonchev–Trinajstić information content (AvgIpc) is 2.78. The van der Waals surface area contributed by atoms with Crippen LogP contribution in [0.15, 0.2) is 53.4 Å². The van der Waals surface area contributed by atoms with Gasteiger partial charge >= 0.3 is 0 Å². The largest absolute Gasteiger partial charge is 0.494 e. The third kappa shape index (κ3) is 3.33. The van der Waals surface area contributed by atoms with E-state index in [0.717, 1.165) is 11.3 Å². The van der Waals surface area contributed by atoms with Crippen LogP contribution in [-0.4, -0.2) is 32.5 Å². The molecule has 122 valence electrons. The standard InChI is InChI=1S/C17H19NO4S/c1-2-21-15-7-9-16(10-8-15)23(19,20)18-11-12-22-17-6-4-3-5-14(17)13-18/h3-10H,2,11-13H2,1H3. The van der Waals surface area contributed by atoms with E-state index in [1.165, 1.54) is 4.31 Å². The molecule has 1 heterocycles. The molecule has 0 radical (unpaired) electrons. The lowest BCUT2D eigenvalue weighted by atomic mass is 10.2. The van der Waals surface area contributed by atoms with Crippen LogP contribution in [0.4, 0.5) is 0 Å². The second-order valence-corrected chi connectivity index (χ2v) is 7.14. The van der Waals surface area contributed by atoms with Gasteiger partial charge in [-0.25, -0.2) is 8.42 Å². The smallest absolute Gasteiger partial charge is 0.243 e. The van der Waals surface area contributed by atoms with Gasteiger partial charge in [0.25, 0.3) is 0 Å². The molecule has 0 unspecified atom stereocenters. The van der Waals surface area contributed by atoms with Crippen molar-refractivity contribution in [3.63, 3.8) is 0 Å². The Balaban J connectivity index is 1.87. The highest BCUT2D eigenvalue weighted by atomic mass is 32.2. The summed E-state index contributed by atoms with van der Waals surface area (Å²) in [4.78, 5) is 0.264. The van der Waals surface area contributed by atoms with E-state index in [-0.39, 0.29) is 4.90 Å².